The molecule has 2 amide bonds. The van der Waals surface area contributed by atoms with Crippen LogP contribution in [0, 0.1) is 5.92 Å². The molecule has 3 heterocycles. The van der Waals surface area contributed by atoms with Crippen molar-refractivity contribution in [3.05, 3.63) is 98.7 Å². The van der Waals surface area contributed by atoms with Crippen molar-refractivity contribution >= 4 is 33.2 Å². The van der Waals surface area contributed by atoms with Gasteiger partial charge in [-0.1, -0.05) is 47.6 Å². The summed E-state index contributed by atoms with van der Waals surface area (Å²) < 4.78 is 100. The lowest BCUT2D eigenvalue weighted by Crippen LogP contribution is -2.36. The van der Waals surface area contributed by atoms with Crippen molar-refractivity contribution in [2.75, 3.05) is 178 Å². The molecule has 0 aromatic heterocycles. The van der Waals surface area contributed by atoms with Crippen LogP contribution in [0.1, 0.15) is 118 Å². The van der Waals surface area contributed by atoms with Gasteiger partial charge in [0.2, 0.25) is 0 Å². The summed E-state index contributed by atoms with van der Waals surface area (Å²) in [6, 6.07) is 13.2. The maximum absolute atomic E-state index is 15.5. The van der Waals surface area contributed by atoms with Gasteiger partial charge in [0, 0.05) is 72.7 Å². The number of benzene rings is 3. The highest BCUT2D eigenvalue weighted by Gasteiger charge is 2.40. The Bertz CT molecular complexity index is 3080. The second-order valence-electron chi connectivity index (χ2n) is 24.2. The highest BCUT2D eigenvalue weighted by atomic mass is 32.2. The number of carbonyl (C=O) groups excluding carboxylic acids is 3. The van der Waals surface area contributed by atoms with E-state index in [0.717, 1.165) is 33.2 Å². The standard InChI is InChI=1S/C68H99N3O19S/c1-49-43-52-44-61-56(46-58(52)67(49,4)5)65(57-47-59-60(48-62(57)89-61)69-51(3)68(59,6)7)55-45-53(91(9,75)76)15-16-54(55)66(74)70(18-12-10-11-13-64(73)90-71-50(2)14-17-63(71)72)19-20-78-23-24-80-27-28-82-31-32-84-35-36-86-39-40-88-42-41-87-38-37-85-34-33-83-30-29-81-26-25-79-22-21-77-8/h15-16,44-49,51H,2,10-14,17-43H2,1,3-9H3. The van der Waals surface area contributed by atoms with Gasteiger partial charge in [-0.2, -0.15) is 0 Å². The molecule has 2 atom stereocenters. The van der Waals surface area contributed by atoms with E-state index in [4.69, 9.17) is 71.4 Å². The number of rotatable bonds is 46. The number of hydrogen-bond donors (Lipinski definition) is 0. The van der Waals surface area contributed by atoms with Crippen LogP contribution in [0.4, 0.5) is 0 Å². The summed E-state index contributed by atoms with van der Waals surface area (Å²) in [5.74, 6) is 0.420. The van der Waals surface area contributed by atoms with Gasteiger partial charge in [0.1, 0.15) is 11.5 Å². The summed E-state index contributed by atoms with van der Waals surface area (Å²) >= 11 is 0. The van der Waals surface area contributed by atoms with Crippen molar-refractivity contribution in [2.45, 2.75) is 108 Å². The normalized spacial score (nSPS) is 17.0. The van der Waals surface area contributed by atoms with Gasteiger partial charge in [0.05, 0.1) is 174 Å². The number of fused-ring (bicyclic) bond motifs is 4. The van der Waals surface area contributed by atoms with Crippen molar-refractivity contribution in [3.63, 3.8) is 0 Å². The average Bonchev–Trinajstić information content (AvgIpc) is 1.74. The Hall–Kier alpha value is -5.25. The van der Waals surface area contributed by atoms with Gasteiger partial charge in [-0.25, -0.2) is 13.2 Å². The first kappa shape index (κ1) is 73.2. The summed E-state index contributed by atoms with van der Waals surface area (Å²) in [6.45, 7) is 27.6. The van der Waals surface area contributed by atoms with Gasteiger partial charge in [0.25, 0.3) is 11.8 Å². The van der Waals surface area contributed by atoms with E-state index in [9.17, 15) is 18.0 Å². The number of hydroxylamine groups is 2. The molecule has 3 aromatic carbocycles. The number of methoxy groups -OCH3 is 1. The Morgan fingerprint density at radius 3 is 1.63 bits per heavy atom. The minimum Gasteiger partial charge on any atom is -0.456 e. The molecule has 1 saturated heterocycles. The molecule has 0 radical (unpaired) electrons. The number of carbonyl (C=O) groups is 3. The fourth-order valence-electron chi connectivity index (χ4n) is 11.0. The molecule has 23 heteroatoms. The number of sulfone groups is 1. The van der Waals surface area contributed by atoms with Gasteiger partial charge in [-0.3, -0.25) is 14.6 Å². The Morgan fingerprint density at radius 2 is 1.13 bits per heavy atom. The number of ether oxygens (including phenoxy) is 13. The van der Waals surface area contributed by atoms with E-state index in [1.807, 2.05) is 6.07 Å². The predicted octanol–water partition coefficient (Wildman–Crippen LogP) is 6.64. The molecule has 0 N–H and O–H groups in total. The van der Waals surface area contributed by atoms with Crippen LogP contribution >= 0.6 is 0 Å². The van der Waals surface area contributed by atoms with Crippen LogP contribution in [0.15, 0.2) is 64.6 Å². The molecule has 2 unspecified atom stereocenters. The number of allylic oxidation sites excluding steroid dienone is 1. The minimum absolute atomic E-state index is 0.00667. The predicted molar refractivity (Wildman–Crippen MR) is 340 cm³/mol. The zero-order valence-electron chi connectivity index (χ0n) is 55.0. The number of hydrogen-bond acceptors (Lipinski definition) is 20. The number of amides is 2. The van der Waals surface area contributed by atoms with Crippen molar-refractivity contribution in [1.82, 2.24) is 9.96 Å². The highest BCUT2D eigenvalue weighted by molar-refractivity contribution is 7.90. The molecule has 22 nitrogen and oxygen atoms in total. The van der Waals surface area contributed by atoms with Crippen LogP contribution in [-0.4, -0.2) is 221 Å². The highest BCUT2D eigenvalue weighted by Crippen LogP contribution is 2.48. The molecule has 506 valence electrons. The quantitative estimate of drug-likeness (QED) is 0.0422. The summed E-state index contributed by atoms with van der Waals surface area (Å²) in [4.78, 5) is 52.7. The molecule has 1 fully saturated rings. The topological polar surface area (TPSA) is 233 Å². The first-order chi connectivity index (χ1) is 43.8. The molecule has 3 aromatic rings. The second-order valence-corrected chi connectivity index (χ2v) is 26.2. The summed E-state index contributed by atoms with van der Waals surface area (Å²) in [5.41, 5.74) is 5.66. The maximum atomic E-state index is 15.5. The van der Waals surface area contributed by atoms with Crippen LogP contribution in [-0.2, 0) is 98.4 Å². The van der Waals surface area contributed by atoms with Crippen molar-refractivity contribution in [1.29, 1.82) is 0 Å². The van der Waals surface area contributed by atoms with Crippen LogP contribution in [0.3, 0.4) is 0 Å². The third-order valence-electron chi connectivity index (χ3n) is 17.1. The summed E-state index contributed by atoms with van der Waals surface area (Å²) in [7, 11) is -2.11. The Balaban J connectivity index is 0.855. The SMILES string of the molecule is C=C1CCC(=O)N1OC(=O)CCCCCN(CCOCCOCCOCCOCCOCCOCCOCCOCCOCCOCCOCCOC)C(=O)c1ccc(S(C)(=O)=O)cc1C1=c2cc3c(cc2Oc2cc4c(cc21)C(C)(C)C(C)C4)=NC(C)C3(C)C. The number of unbranched alkanes of at least 4 members (excludes halogenated alkanes) is 2. The molecule has 0 spiro atoms. The first-order valence-electron chi connectivity index (χ1n) is 32.1. The van der Waals surface area contributed by atoms with Gasteiger partial charge in [-0.15, -0.1) is 5.06 Å². The van der Waals surface area contributed by atoms with Crippen LogP contribution in [0.5, 0.6) is 11.5 Å². The fourth-order valence-corrected chi connectivity index (χ4v) is 11.7. The molecule has 3 aliphatic heterocycles. The van der Waals surface area contributed by atoms with E-state index < -0.39 is 15.8 Å². The van der Waals surface area contributed by atoms with Crippen LogP contribution in [0.2, 0.25) is 0 Å². The molecule has 0 saturated carbocycles. The van der Waals surface area contributed by atoms with Gasteiger partial charge in [0.15, 0.2) is 9.84 Å². The molecule has 91 heavy (non-hydrogen) atoms. The fraction of sp³-hybridized carbons (Fsp3) is 0.647. The summed E-state index contributed by atoms with van der Waals surface area (Å²) in [6.07, 6.45) is 4.37. The number of nitrogens with zero attached hydrogens (tertiary/aromatic N) is 3. The zero-order chi connectivity index (χ0) is 65.2. The van der Waals surface area contributed by atoms with Crippen molar-refractivity contribution < 1.29 is 89.2 Å². The second kappa shape index (κ2) is 37.0. The Labute approximate surface area is 537 Å². The maximum Gasteiger partial charge on any atom is 0.333 e. The zero-order valence-corrected chi connectivity index (χ0v) is 55.9. The third-order valence-corrected chi connectivity index (χ3v) is 18.2. The van der Waals surface area contributed by atoms with E-state index in [2.05, 4.69) is 66.3 Å². The van der Waals surface area contributed by atoms with Crippen molar-refractivity contribution in [3.8, 4) is 11.5 Å². The van der Waals surface area contributed by atoms with Gasteiger partial charge in [-0.05, 0) is 103 Å². The molecular formula is C68H99N3O19S. The largest absolute Gasteiger partial charge is 0.456 e. The van der Waals surface area contributed by atoms with E-state index >= 15 is 4.79 Å². The van der Waals surface area contributed by atoms with E-state index in [0.29, 0.717) is 211 Å². The monoisotopic (exact) mass is 1290 g/mol. The van der Waals surface area contributed by atoms with Crippen LogP contribution < -0.4 is 15.3 Å². The molecule has 7 rings (SSSR count). The smallest absolute Gasteiger partial charge is 0.333 e. The lowest BCUT2D eigenvalue weighted by molar-refractivity contribution is -0.186. The Morgan fingerprint density at radius 1 is 0.615 bits per heavy atom. The van der Waals surface area contributed by atoms with E-state index in [1.54, 1.807) is 24.1 Å². The van der Waals surface area contributed by atoms with E-state index in [-0.39, 0.29) is 66.2 Å². The molecule has 1 aliphatic carbocycles. The van der Waals surface area contributed by atoms with Gasteiger partial charge < -0.3 is 71.3 Å². The minimum atomic E-state index is -3.75. The van der Waals surface area contributed by atoms with E-state index in [1.165, 1.54) is 23.4 Å². The molecule has 4 aliphatic rings. The lowest BCUT2D eigenvalue weighted by atomic mass is 9.77. The Kier molecular flexibility index (Phi) is 29.7. The lowest BCUT2D eigenvalue weighted by Gasteiger charge is -2.29. The molecular weight excluding hydrogens is 1190 g/mol. The summed E-state index contributed by atoms with van der Waals surface area (Å²) in [5, 5.41) is 2.58. The third kappa shape index (κ3) is 21.6. The molecule has 0 bridgehead atoms. The van der Waals surface area contributed by atoms with Crippen molar-refractivity contribution in [2.24, 2.45) is 10.9 Å². The van der Waals surface area contributed by atoms with Crippen LogP contribution in [0.25, 0.3) is 5.57 Å². The average molecular weight is 1290 g/mol. The first-order valence-corrected chi connectivity index (χ1v) is 34.0. The van der Waals surface area contributed by atoms with Gasteiger partial charge >= 0.3 is 5.97 Å².